The largest absolute Gasteiger partial charge is 0.328 e. The maximum Gasteiger partial charge on any atom is 0.0656 e. The quantitative estimate of drug-likeness (QED) is 0.743. The van der Waals surface area contributed by atoms with Crippen molar-refractivity contribution in [3.8, 4) is 6.07 Å². The van der Waals surface area contributed by atoms with Gasteiger partial charge in [-0.15, -0.1) is 0 Å². The van der Waals surface area contributed by atoms with Crippen molar-refractivity contribution in [2.45, 2.75) is 38.1 Å². The molecule has 0 aromatic heterocycles. The zero-order chi connectivity index (χ0) is 10.7. The van der Waals surface area contributed by atoms with Crippen LogP contribution in [-0.4, -0.2) is 30.6 Å². The predicted molar refractivity (Wildman–Crippen MR) is 60.1 cm³/mol. The van der Waals surface area contributed by atoms with Crippen molar-refractivity contribution in [1.82, 2.24) is 4.90 Å². The van der Waals surface area contributed by atoms with E-state index in [0.717, 1.165) is 31.8 Å². The smallest absolute Gasteiger partial charge is 0.0656 e. The highest BCUT2D eigenvalue weighted by atomic mass is 15.1. The first-order valence-electron chi connectivity index (χ1n) is 6.15. The van der Waals surface area contributed by atoms with Crippen LogP contribution in [-0.2, 0) is 0 Å². The molecular formula is C12H21N3. The number of likely N-dealkylation sites (tertiary alicyclic amines) is 1. The monoisotopic (exact) mass is 207 g/mol. The van der Waals surface area contributed by atoms with Crippen LogP contribution in [0.4, 0.5) is 0 Å². The van der Waals surface area contributed by atoms with Gasteiger partial charge < -0.3 is 10.6 Å². The summed E-state index contributed by atoms with van der Waals surface area (Å²) in [5.41, 5.74) is 5.91. The Balaban J connectivity index is 1.71. The molecule has 1 aliphatic heterocycles. The molecule has 1 saturated carbocycles. The molecule has 2 fully saturated rings. The van der Waals surface area contributed by atoms with Crippen molar-refractivity contribution in [3.63, 3.8) is 0 Å². The number of nitrogens with two attached hydrogens (primary N) is 1. The molecule has 0 aromatic rings. The molecule has 3 nitrogen and oxygen atoms in total. The normalized spacial score (nSPS) is 34.1. The lowest BCUT2D eigenvalue weighted by molar-refractivity contribution is 0.178. The molecule has 84 valence electrons. The van der Waals surface area contributed by atoms with Gasteiger partial charge in [-0.05, 0) is 51.1 Å². The summed E-state index contributed by atoms with van der Waals surface area (Å²) in [4.78, 5) is 2.52. The molecule has 0 amide bonds. The lowest BCUT2D eigenvalue weighted by Gasteiger charge is -2.31. The molecule has 2 N–H and O–H groups in total. The van der Waals surface area contributed by atoms with E-state index in [2.05, 4.69) is 11.0 Å². The zero-order valence-electron chi connectivity index (χ0n) is 9.36. The standard InChI is InChI=1S/C12H21N3/c13-8-10-3-5-15(6-4-10)9-11-1-2-12(14)7-11/h10-12H,1-7,9,14H2. The summed E-state index contributed by atoms with van der Waals surface area (Å²) in [7, 11) is 0. The second kappa shape index (κ2) is 4.96. The first-order valence-corrected chi connectivity index (χ1v) is 6.15. The molecule has 2 rings (SSSR count). The summed E-state index contributed by atoms with van der Waals surface area (Å²) >= 11 is 0. The van der Waals surface area contributed by atoms with E-state index in [9.17, 15) is 0 Å². The van der Waals surface area contributed by atoms with Gasteiger partial charge in [0, 0.05) is 18.5 Å². The minimum atomic E-state index is 0.312. The second-order valence-corrected chi connectivity index (χ2v) is 5.14. The Labute approximate surface area is 92.2 Å². The third-order valence-electron chi connectivity index (χ3n) is 3.87. The van der Waals surface area contributed by atoms with Gasteiger partial charge in [0.25, 0.3) is 0 Å². The van der Waals surface area contributed by atoms with E-state index in [1.54, 1.807) is 0 Å². The van der Waals surface area contributed by atoms with Gasteiger partial charge in [0.05, 0.1) is 6.07 Å². The Morgan fingerprint density at radius 3 is 2.47 bits per heavy atom. The van der Waals surface area contributed by atoms with Gasteiger partial charge in [0.15, 0.2) is 0 Å². The molecule has 0 aromatic carbocycles. The van der Waals surface area contributed by atoms with Gasteiger partial charge >= 0.3 is 0 Å². The van der Waals surface area contributed by atoms with Crippen LogP contribution in [0.1, 0.15) is 32.1 Å². The number of hydrogen-bond acceptors (Lipinski definition) is 3. The molecule has 1 saturated heterocycles. The van der Waals surface area contributed by atoms with Crippen LogP contribution in [0, 0.1) is 23.2 Å². The van der Waals surface area contributed by atoms with Crippen LogP contribution in [0.5, 0.6) is 0 Å². The van der Waals surface area contributed by atoms with Gasteiger partial charge in [-0.1, -0.05) is 0 Å². The van der Waals surface area contributed by atoms with Gasteiger partial charge in [-0.25, -0.2) is 0 Å². The van der Waals surface area contributed by atoms with Crippen molar-refractivity contribution in [2.75, 3.05) is 19.6 Å². The van der Waals surface area contributed by atoms with Gasteiger partial charge in [-0.3, -0.25) is 0 Å². The second-order valence-electron chi connectivity index (χ2n) is 5.14. The van der Waals surface area contributed by atoms with E-state index in [4.69, 9.17) is 11.0 Å². The molecule has 2 aliphatic rings. The molecule has 0 spiro atoms. The topological polar surface area (TPSA) is 53.0 Å². The minimum absolute atomic E-state index is 0.312. The molecule has 1 aliphatic carbocycles. The van der Waals surface area contributed by atoms with E-state index in [1.165, 1.54) is 25.8 Å². The van der Waals surface area contributed by atoms with E-state index >= 15 is 0 Å². The fraction of sp³-hybridized carbons (Fsp3) is 0.917. The number of rotatable bonds is 2. The van der Waals surface area contributed by atoms with Crippen LogP contribution < -0.4 is 5.73 Å². The number of nitriles is 1. The highest BCUT2D eigenvalue weighted by Crippen LogP contribution is 2.26. The zero-order valence-corrected chi connectivity index (χ0v) is 9.36. The minimum Gasteiger partial charge on any atom is -0.328 e. The number of nitrogens with zero attached hydrogens (tertiary/aromatic N) is 2. The average Bonchev–Trinajstić information content (AvgIpc) is 2.65. The lowest BCUT2D eigenvalue weighted by atomic mass is 9.97. The average molecular weight is 207 g/mol. The highest BCUT2D eigenvalue weighted by Gasteiger charge is 2.26. The molecular weight excluding hydrogens is 186 g/mol. The van der Waals surface area contributed by atoms with Crippen molar-refractivity contribution >= 4 is 0 Å². The van der Waals surface area contributed by atoms with Crippen molar-refractivity contribution in [1.29, 1.82) is 5.26 Å². The maximum absolute atomic E-state index is 8.81. The van der Waals surface area contributed by atoms with Gasteiger partial charge in [0.2, 0.25) is 0 Å². The first kappa shape index (κ1) is 10.9. The van der Waals surface area contributed by atoms with Gasteiger partial charge in [0.1, 0.15) is 0 Å². The summed E-state index contributed by atoms with van der Waals surface area (Å²) in [6.07, 6.45) is 5.85. The first-order chi connectivity index (χ1) is 7.28. The van der Waals surface area contributed by atoms with E-state index < -0.39 is 0 Å². The summed E-state index contributed by atoms with van der Waals surface area (Å²) in [6, 6.07) is 2.83. The van der Waals surface area contributed by atoms with Crippen molar-refractivity contribution in [3.05, 3.63) is 0 Å². The van der Waals surface area contributed by atoms with Crippen LogP contribution in [0.3, 0.4) is 0 Å². The molecule has 2 unspecified atom stereocenters. The predicted octanol–water partition coefficient (Wildman–Crippen LogP) is 1.35. The summed E-state index contributed by atoms with van der Waals surface area (Å²) in [6.45, 7) is 3.44. The number of piperidine rings is 1. The van der Waals surface area contributed by atoms with Gasteiger partial charge in [-0.2, -0.15) is 5.26 Å². The van der Waals surface area contributed by atoms with Crippen LogP contribution >= 0.6 is 0 Å². The van der Waals surface area contributed by atoms with E-state index in [0.29, 0.717) is 12.0 Å². The molecule has 15 heavy (non-hydrogen) atoms. The fourth-order valence-electron chi connectivity index (χ4n) is 2.89. The molecule has 0 radical (unpaired) electrons. The highest BCUT2D eigenvalue weighted by molar-refractivity contribution is 4.88. The Kier molecular flexibility index (Phi) is 3.61. The van der Waals surface area contributed by atoms with Crippen LogP contribution in [0.15, 0.2) is 0 Å². The summed E-state index contributed by atoms with van der Waals surface area (Å²) < 4.78 is 0. The Hall–Kier alpha value is -0.590. The third kappa shape index (κ3) is 2.93. The molecule has 1 heterocycles. The van der Waals surface area contributed by atoms with E-state index in [-0.39, 0.29) is 0 Å². The van der Waals surface area contributed by atoms with E-state index in [1.807, 2.05) is 0 Å². The van der Waals surface area contributed by atoms with Crippen molar-refractivity contribution in [2.24, 2.45) is 17.6 Å². The Morgan fingerprint density at radius 2 is 1.93 bits per heavy atom. The summed E-state index contributed by atoms with van der Waals surface area (Å²) in [5.74, 6) is 1.13. The molecule has 2 atom stereocenters. The number of hydrogen-bond donors (Lipinski definition) is 1. The summed E-state index contributed by atoms with van der Waals surface area (Å²) in [5, 5.41) is 8.81. The SMILES string of the molecule is N#CC1CCN(CC2CCC(N)C2)CC1. The molecule has 0 bridgehead atoms. The molecule has 3 heteroatoms. The van der Waals surface area contributed by atoms with Crippen LogP contribution in [0.2, 0.25) is 0 Å². The van der Waals surface area contributed by atoms with Crippen LogP contribution in [0.25, 0.3) is 0 Å². The van der Waals surface area contributed by atoms with Crippen molar-refractivity contribution < 1.29 is 0 Å². The fourth-order valence-corrected chi connectivity index (χ4v) is 2.89. The third-order valence-corrected chi connectivity index (χ3v) is 3.87. The lowest BCUT2D eigenvalue weighted by Crippen LogP contribution is -2.36. The Bertz CT molecular complexity index is 238. The Morgan fingerprint density at radius 1 is 1.20 bits per heavy atom. The maximum atomic E-state index is 8.81.